The highest BCUT2D eigenvalue weighted by Gasteiger charge is 2.29. The van der Waals surface area contributed by atoms with E-state index in [1.807, 2.05) is 45.2 Å². The molecule has 0 aliphatic rings. The molecule has 2 aromatic rings. The molecule has 0 saturated heterocycles. The van der Waals surface area contributed by atoms with Crippen molar-refractivity contribution in [3.63, 3.8) is 0 Å². The van der Waals surface area contributed by atoms with Crippen molar-refractivity contribution in [2.45, 2.75) is 18.9 Å². The first-order valence-electron chi connectivity index (χ1n) is 6.59. The van der Waals surface area contributed by atoms with E-state index in [1.165, 1.54) is 24.5 Å². The topological polar surface area (TPSA) is 44.1 Å². The van der Waals surface area contributed by atoms with Gasteiger partial charge in [-0.15, -0.1) is 0 Å². The van der Waals surface area contributed by atoms with E-state index in [0.717, 1.165) is 9.64 Å². The average Bonchev–Trinajstić information content (AvgIpc) is 2.49. The minimum absolute atomic E-state index is 0.0160. The van der Waals surface area contributed by atoms with Crippen LogP contribution in [0, 0.1) is 7.14 Å². The zero-order valence-corrected chi connectivity index (χ0v) is 16.9. The minimum Gasteiger partial charge on any atom is -0.468 e. The van der Waals surface area contributed by atoms with Crippen LogP contribution in [0.1, 0.15) is 0 Å². The monoisotopic (exact) mass is 606 g/mol. The van der Waals surface area contributed by atoms with Gasteiger partial charge in [0.05, 0.1) is 0 Å². The fourth-order valence-electron chi connectivity index (χ4n) is 1.42. The lowest BCUT2D eigenvalue weighted by atomic mass is 10.4. The van der Waals surface area contributed by atoms with Gasteiger partial charge in [0.15, 0.2) is 6.61 Å². The fourth-order valence-corrected chi connectivity index (χ4v) is 2.26. The second kappa shape index (κ2) is 9.75. The first-order chi connectivity index (χ1) is 11.9. The number of pyridine rings is 2. The second-order valence-corrected chi connectivity index (χ2v) is 7.14. The number of alkyl halides is 6. The van der Waals surface area contributed by atoms with Crippen LogP contribution in [-0.4, -0.2) is 28.5 Å². The van der Waals surface area contributed by atoms with Crippen molar-refractivity contribution in [2.75, 3.05) is 6.61 Å². The summed E-state index contributed by atoms with van der Waals surface area (Å²) in [5.41, 5.74) is -0.641. The largest absolute Gasteiger partial charge is 0.468 e. The van der Waals surface area contributed by atoms with Crippen molar-refractivity contribution in [1.29, 1.82) is 0 Å². The summed E-state index contributed by atoms with van der Waals surface area (Å²) >= 11 is 3.85. The Balaban J connectivity index is 0.000000260. The average molecular weight is 606 g/mol. The van der Waals surface area contributed by atoms with E-state index in [-0.39, 0.29) is 5.88 Å². The molecule has 0 saturated carbocycles. The molecule has 0 unspecified atom stereocenters. The Morgan fingerprint density at radius 1 is 0.962 bits per heavy atom. The zero-order chi connectivity index (χ0) is 20.0. The normalized spacial score (nSPS) is 11.5. The summed E-state index contributed by atoms with van der Waals surface area (Å²) in [7, 11) is 0. The van der Waals surface area contributed by atoms with Crippen molar-refractivity contribution < 1.29 is 31.1 Å². The van der Waals surface area contributed by atoms with Crippen molar-refractivity contribution in [1.82, 2.24) is 9.55 Å². The highest BCUT2D eigenvalue weighted by atomic mass is 127. The summed E-state index contributed by atoms with van der Waals surface area (Å²) in [5, 5.41) is 0. The highest BCUT2D eigenvalue weighted by Crippen LogP contribution is 2.17. The van der Waals surface area contributed by atoms with Gasteiger partial charge in [0.2, 0.25) is 5.88 Å². The van der Waals surface area contributed by atoms with Gasteiger partial charge in [0.25, 0.3) is 5.56 Å². The van der Waals surface area contributed by atoms with Crippen LogP contribution in [0.3, 0.4) is 0 Å². The maximum absolute atomic E-state index is 11.9. The molecule has 0 aliphatic carbocycles. The van der Waals surface area contributed by atoms with E-state index in [1.54, 1.807) is 6.07 Å². The molecule has 144 valence electrons. The van der Waals surface area contributed by atoms with Crippen LogP contribution < -0.4 is 10.3 Å². The van der Waals surface area contributed by atoms with Crippen LogP contribution >= 0.6 is 45.2 Å². The number of aromatic nitrogens is 2. The van der Waals surface area contributed by atoms with Crippen molar-refractivity contribution in [3.8, 4) is 5.88 Å². The molecule has 0 atom stereocenters. The van der Waals surface area contributed by atoms with Gasteiger partial charge >= 0.3 is 12.4 Å². The smallest absolute Gasteiger partial charge is 0.422 e. The van der Waals surface area contributed by atoms with E-state index in [9.17, 15) is 31.1 Å². The molecule has 0 aliphatic heterocycles. The summed E-state index contributed by atoms with van der Waals surface area (Å²) in [6.45, 7) is -2.54. The molecular formula is C14H10F6I2N2O2. The van der Waals surface area contributed by atoms with Gasteiger partial charge in [-0.25, -0.2) is 4.98 Å². The molecule has 0 aromatic carbocycles. The molecule has 2 aromatic heterocycles. The van der Waals surface area contributed by atoms with Crippen LogP contribution in [0.25, 0.3) is 0 Å². The molecule has 2 heterocycles. The predicted octanol–water partition coefficient (Wildman–Crippen LogP) is 4.64. The summed E-state index contributed by atoms with van der Waals surface area (Å²) in [6, 6.07) is 5.61. The number of rotatable bonds is 3. The fraction of sp³-hybridized carbons (Fsp3) is 0.286. The van der Waals surface area contributed by atoms with Gasteiger partial charge in [-0.3, -0.25) is 4.79 Å². The number of nitrogens with zero attached hydrogens (tertiary/aromatic N) is 2. The number of hydrogen-bond donors (Lipinski definition) is 0. The van der Waals surface area contributed by atoms with E-state index in [0.29, 0.717) is 8.14 Å². The third-order valence-corrected chi connectivity index (χ3v) is 3.66. The number of hydrogen-bond acceptors (Lipinski definition) is 3. The Morgan fingerprint density at radius 2 is 1.58 bits per heavy atom. The van der Waals surface area contributed by atoms with Crippen LogP contribution in [0.2, 0.25) is 0 Å². The van der Waals surface area contributed by atoms with Crippen molar-refractivity contribution in [3.05, 3.63) is 54.2 Å². The molecule has 12 heteroatoms. The SMILES string of the molecule is FC(F)(F)COc1ccc(I)cn1.O=c1ccc(I)cn1CC(F)(F)F. The maximum atomic E-state index is 11.9. The summed E-state index contributed by atoms with van der Waals surface area (Å²) < 4.78 is 77.1. The van der Waals surface area contributed by atoms with Crippen LogP contribution in [0.15, 0.2) is 41.5 Å². The molecule has 0 fully saturated rings. The number of halogens is 8. The van der Waals surface area contributed by atoms with Gasteiger partial charge in [0.1, 0.15) is 6.54 Å². The zero-order valence-electron chi connectivity index (χ0n) is 12.6. The maximum Gasteiger partial charge on any atom is 0.422 e. The second-order valence-electron chi connectivity index (χ2n) is 4.65. The van der Waals surface area contributed by atoms with E-state index >= 15 is 0 Å². The Bertz CT molecular complexity index is 760. The Morgan fingerprint density at radius 3 is 2.08 bits per heavy atom. The van der Waals surface area contributed by atoms with Crippen LogP contribution in [0.5, 0.6) is 5.88 Å². The molecule has 26 heavy (non-hydrogen) atoms. The lowest BCUT2D eigenvalue weighted by Crippen LogP contribution is -2.27. The Kier molecular flexibility index (Phi) is 8.62. The Hall–Kier alpha value is -1.06. The van der Waals surface area contributed by atoms with Gasteiger partial charge < -0.3 is 9.30 Å². The first kappa shape index (κ1) is 23.0. The number of ether oxygens (including phenoxy) is 1. The van der Waals surface area contributed by atoms with Crippen molar-refractivity contribution in [2.24, 2.45) is 0 Å². The third-order valence-electron chi connectivity index (χ3n) is 2.38. The molecule has 0 bridgehead atoms. The third kappa shape index (κ3) is 10.2. The van der Waals surface area contributed by atoms with Gasteiger partial charge in [-0.05, 0) is 57.3 Å². The lowest BCUT2D eigenvalue weighted by molar-refractivity contribution is -0.154. The van der Waals surface area contributed by atoms with Crippen LogP contribution in [-0.2, 0) is 6.54 Å². The molecule has 0 amide bonds. The summed E-state index contributed by atoms with van der Waals surface area (Å²) in [6.07, 6.45) is -6.05. The van der Waals surface area contributed by atoms with E-state index in [4.69, 9.17) is 0 Å². The van der Waals surface area contributed by atoms with Gasteiger partial charge in [-0.2, -0.15) is 26.3 Å². The quantitative estimate of drug-likeness (QED) is 0.378. The highest BCUT2D eigenvalue weighted by molar-refractivity contribution is 14.1. The summed E-state index contributed by atoms with van der Waals surface area (Å²) in [4.78, 5) is 14.6. The molecular weight excluding hydrogens is 596 g/mol. The van der Waals surface area contributed by atoms with Crippen molar-refractivity contribution >= 4 is 45.2 Å². The standard InChI is InChI=1S/2C7H5F3INO/c8-7(9,10)4-13-6-2-1-5(11)3-12-6;8-7(9,10)4-12-3-5(11)1-2-6(12)13/h2*1-3H,4H2. The summed E-state index contributed by atoms with van der Waals surface area (Å²) in [5.74, 6) is -0.0160. The predicted molar refractivity (Wildman–Crippen MR) is 98.0 cm³/mol. The molecule has 0 spiro atoms. The molecule has 2 rings (SSSR count). The molecule has 4 nitrogen and oxygen atoms in total. The Labute approximate surface area is 170 Å². The van der Waals surface area contributed by atoms with Crippen LogP contribution in [0.4, 0.5) is 26.3 Å². The lowest BCUT2D eigenvalue weighted by Gasteiger charge is -2.08. The van der Waals surface area contributed by atoms with Gasteiger partial charge in [0, 0.05) is 31.7 Å². The molecule has 0 radical (unpaired) electrons. The minimum atomic E-state index is -4.35. The van der Waals surface area contributed by atoms with Gasteiger partial charge in [-0.1, -0.05) is 0 Å². The van der Waals surface area contributed by atoms with E-state index < -0.39 is 31.1 Å². The first-order valence-corrected chi connectivity index (χ1v) is 8.75. The molecule has 0 N–H and O–H groups in total. The van der Waals surface area contributed by atoms with E-state index in [2.05, 4.69) is 9.72 Å².